The molecule has 1 aromatic heterocycles. The van der Waals surface area contributed by atoms with E-state index < -0.39 is 0 Å². The predicted molar refractivity (Wildman–Crippen MR) is 73.1 cm³/mol. The van der Waals surface area contributed by atoms with Crippen LogP contribution in [0.1, 0.15) is 11.1 Å². The molecule has 0 bridgehead atoms. The fourth-order valence-electron chi connectivity index (χ4n) is 1.47. The maximum Gasteiger partial charge on any atom is 0.101 e. The number of benzene rings is 1. The molecule has 2 nitrogen and oxygen atoms in total. The quantitative estimate of drug-likeness (QED) is 0.860. The van der Waals surface area contributed by atoms with Crippen molar-refractivity contribution in [1.29, 1.82) is 0 Å². The van der Waals surface area contributed by atoms with Crippen molar-refractivity contribution in [2.24, 2.45) is 5.73 Å². The van der Waals surface area contributed by atoms with Crippen molar-refractivity contribution < 1.29 is 0 Å². The van der Waals surface area contributed by atoms with E-state index in [-0.39, 0.29) is 0 Å². The van der Waals surface area contributed by atoms with Gasteiger partial charge in [-0.05, 0) is 23.3 Å². The summed E-state index contributed by atoms with van der Waals surface area (Å²) in [6, 6.07) is 11.8. The lowest BCUT2D eigenvalue weighted by Gasteiger charge is -2.06. The second kappa shape index (κ2) is 6.05. The molecule has 2 N–H and O–H groups in total. The van der Waals surface area contributed by atoms with E-state index in [1.165, 1.54) is 0 Å². The molecule has 0 spiro atoms. The summed E-state index contributed by atoms with van der Waals surface area (Å²) in [6.45, 7) is 0.513. The first-order valence-corrected chi connectivity index (χ1v) is 6.68. The van der Waals surface area contributed by atoms with Gasteiger partial charge in [0.1, 0.15) is 5.03 Å². The van der Waals surface area contributed by atoms with Gasteiger partial charge in [-0.25, -0.2) is 4.98 Å². The normalized spacial score (nSPS) is 10.5. The molecule has 0 aliphatic rings. The lowest BCUT2D eigenvalue weighted by atomic mass is 10.2. The summed E-state index contributed by atoms with van der Waals surface area (Å²) in [4.78, 5) is 4.33. The molecular weight excluding hydrogens is 252 g/mol. The van der Waals surface area contributed by atoms with Gasteiger partial charge >= 0.3 is 0 Å². The summed E-state index contributed by atoms with van der Waals surface area (Å²) in [6.07, 6.45) is 1.79. The summed E-state index contributed by atoms with van der Waals surface area (Å²) in [7, 11) is 0. The van der Waals surface area contributed by atoms with Crippen molar-refractivity contribution in [1.82, 2.24) is 4.98 Å². The van der Waals surface area contributed by atoms with Crippen LogP contribution in [-0.2, 0) is 12.3 Å². The van der Waals surface area contributed by atoms with Crippen LogP contribution >= 0.6 is 23.4 Å². The van der Waals surface area contributed by atoms with Gasteiger partial charge in [-0.2, -0.15) is 0 Å². The number of hydrogen-bond acceptors (Lipinski definition) is 3. The van der Waals surface area contributed by atoms with Crippen molar-refractivity contribution in [3.63, 3.8) is 0 Å². The summed E-state index contributed by atoms with van der Waals surface area (Å²) in [5.74, 6) is 0.809. The molecule has 0 saturated heterocycles. The van der Waals surface area contributed by atoms with E-state index in [2.05, 4.69) is 4.98 Å². The van der Waals surface area contributed by atoms with Crippen LogP contribution in [0.4, 0.5) is 0 Å². The molecule has 88 valence electrons. The van der Waals surface area contributed by atoms with Crippen molar-refractivity contribution in [2.75, 3.05) is 0 Å². The minimum absolute atomic E-state index is 0.513. The van der Waals surface area contributed by atoms with Gasteiger partial charge in [0.25, 0.3) is 0 Å². The zero-order valence-corrected chi connectivity index (χ0v) is 10.8. The zero-order valence-electron chi connectivity index (χ0n) is 9.27. The van der Waals surface area contributed by atoms with Crippen molar-refractivity contribution in [3.8, 4) is 0 Å². The standard InChI is InChI=1S/C13H13ClN2S/c14-12-6-2-1-4-11(12)9-17-13-10(8-15)5-3-7-16-13/h1-7H,8-9,15H2. The Hall–Kier alpha value is -1.03. The second-order valence-electron chi connectivity index (χ2n) is 3.55. The first-order valence-electron chi connectivity index (χ1n) is 5.31. The van der Waals surface area contributed by atoms with Crippen LogP contribution in [0, 0.1) is 0 Å². The van der Waals surface area contributed by atoms with Crippen LogP contribution in [0.2, 0.25) is 5.02 Å². The summed E-state index contributed by atoms with van der Waals surface area (Å²) < 4.78 is 0. The van der Waals surface area contributed by atoms with E-state index in [4.69, 9.17) is 17.3 Å². The van der Waals surface area contributed by atoms with Crippen LogP contribution in [-0.4, -0.2) is 4.98 Å². The van der Waals surface area contributed by atoms with E-state index in [1.807, 2.05) is 36.4 Å². The average Bonchev–Trinajstić information content (AvgIpc) is 2.38. The fourth-order valence-corrected chi connectivity index (χ4v) is 2.77. The van der Waals surface area contributed by atoms with Gasteiger partial charge in [0.15, 0.2) is 0 Å². The lowest BCUT2D eigenvalue weighted by Crippen LogP contribution is -1.99. The third-order valence-electron chi connectivity index (χ3n) is 2.39. The van der Waals surface area contributed by atoms with E-state index in [1.54, 1.807) is 18.0 Å². The summed E-state index contributed by atoms with van der Waals surface area (Å²) in [5.41, 5.74) is 7.86. The Morgan fingerprint density at radius 1 is 1.12 bits per heavy atom. The average molecular weight is 265 g/mol. The zero-order chi connectivity index (χ0) is 12.1. The van der Waals surface area contributed by atoms with Crippen molar-refractivity contribution in [3.05, 3.63) is 58.7 Å². The third kappa shape index (κ3) is 3.22. The molecule has 2 aromatic rings. The molecule has 0 amide bonds. The molecular formula is C13H13ClN2S. The first kappa shape index (κ1) is 12.4. The van der Waals surface area contributed by atoms with Crippen LogP contribution < -0.4 is 5.73 Å². The maximum atomic E-state index is 6.11. The van der Waals surface area contributed by atoms with E-state index in [9.17, 15) is 0 Å². The highest BCUT2D eigenvalue weighted by Gasteiger charge is 2.04. The number of nitrogens with two attached hydrogens (primary N) is 1. The second-order valence-corrected chi connectivity index (χ2v) is 4.92. The van der Waals surface area contributed by atoms with Crippen LogP contribution in [0.3, 0.4) is 0 Å². The van der Waals surface area contributed by atoms with Gasteiger partial charge in [-0.1, -0.05) is 35.9 Å². The minimum Gasteiger partial charge on any atom is -0.326 e. The number of aromatic nitrogens is 1. The highest BCUT2D eigenvalue weighted by molar-refractivity contribution is 7.98. The number of hydrogen-bond donors (Lipinski definition) is 1. The first-order chi connectivity index (χ1) is 8.31. The SMILES string of the molecule is NCc1cccnc1SCc1ccccc1Cl. The number of nitrogens with zero attached hydrogens (tertiary/aromatic N) is 1. The van der Waals surface area contributed by atoms with E-state index in [0.29, 0.717) is 6.54 Å². The molecule has 17 heavy (non-hydrogen) atoms. The number of thioether (sulfide) groups is 1. The molecule has 0 unspecified atom stereocenters. The lowest BCUT2D eigenvalue weighted by molar-refractivity contribution is 0.963. The molecule has 0 atom stereocenters. The van der Waals surface area contributed by atoms with Crippen LogP contribution in [0.5, 0.6) is 0 Å². The Morgan fingerprint density at radius 2 is 1.88 bits per heavy atom. The Labute approximate surface area is 110 Å². The number of pyridine rings is 1. The minimum atomic E-state index is 0.513. The van der Waals surface area contributed by atoms with Gasteiger partial charge in [0.05, 0.1) is 0 Å². The molecule has 4 heteroatoms. The number of halogens is 1. The largest absolute Gasteiger partial charge is 0.326 e. The molecule has 0 aliphatic carbocycles. The van der Waals surface area contributed by atoms with Crippen LogP contribution in [0.25, 0.3) is 0 Å². The molecule has 1 aromatic carbocycles. The third-order valence-corrected chi connectivity index (χ3v) is 3.86. The Bertz CT molecular complexity index is 502. The van der Waals surface area contributed by atoms with Gasteiger partial charge in [-0.15, -0.1) is 11.8 Å². The molecule has 0 radical (unpaired) electrons. The molecule has 0 aliphatic heterocycles. The fraction of sp³-hybridized carbons (Fsp3) is 0.154. The van der Waals surface area contributed by atoms with E-state index >= 15 is 0 Å². The monoisotopic (exact) mass is 264 g/mol. The number of rotatable bonds is 4. The highest BCUT2D eigenvalue weighted by Crippen LogP contribution is 2.27. The van der Waals surface area contributed by atoms with E-state index in [0.717, 1.165) is 26.9 Å². The summed E-state index contributed by atoms with van der Waals surface area (Å²) >= 11 is 7.77. The van der Waals surface area contributed by atoms with Gasteiger partial charge in [0, 0.05) is 23.5 Å². The Morgan fingerprint density at radius 3 is 2.65 bits per heavy atom. The van der Waals surface area contributed by atoms with Crippen molar-refractivity contribution in [2.45, 2.75) is 17.3 Å². The topological polar surface area (TPSA) is 38.9 Å². The Balaban J connectivity index is 2.10. The van der Waals surface area contributed by atoms with Gasteiger partial charge < -0.3 is 5.73 Å². The van der Waals surface area contributed by atoms with Gasteiger partial charge in [-0.3, -0.25) is 0 Å². The highest BCUT2D eigenvalue weighted by atomic mass is 35.5. The maximum absolute atomic E-state index is 6.11. The predicted octanol–water partition coefficient (Wildman–Crippen LogP) is 3.49. The smallest absolute Gasteiger partial charge is 0.101 e. The molecule has 1 heterocycles. The van der Waals surface area contributed by atoms with Crippen LogP contribution in [0.15, 0.2) is 47.6 Å². The van der Waals surface area contributed by atoms with Crippen molar-refractivity contribution >= 4 is 23.4 Å². The Kier molecular flexibility index (Phi) is 4.42. The van der Waals surface area contributed by atoms with Gasteiger partial charge in [0.2, 0.25) is 0 Å². The molecule has 0 fully saturated rings. The molecule has 0 saturated carbocycles. The summed E-state index contributed by atoms with van der Waals surface area (Å²) in [5, 5.41) is 1.78. The molecule has 2 rings (SSSR count).